The summed E-state index contributed by atoms with van der Waals surface area (Å²) in [5.41, 5.74) is 0.983. The third kappa shape index (κ3) is 3.06. The molecule has 1 unspecified atom stereocenters. The van der Waals surface area contributed by atoms with Gasteiger partial charge in [-0.2, -0.15) is 5.10 Å². The fourth-order valence-corrected chi connectivity index (χ4v) is 2.04. The minimum atomic E-state index is 0.400. The first-order chi connectivity index (χ1) is 8.66. The van der Waals surface area contributed by atoms with E-state index in [0.29, 0.717) is 12.0 Å². The molecule has 0 saturated carbocycles. The highest BCUT2D eigenvalue weighted by molar-refractivity contribution is 5.56. The van der Waals surface area contributed by atoms with E-state index in [2.05, 4.69) is 41.2 Å². The lowest BCUT2D eigenvalue weighted by Gasteiger charge is -2.18. The summed E-state index contributed by atoms with van der Waals surface area (Å²) in [5.74, 6) is 1.45. The molecule has 0 amide bonds. The lowest BCUT2D eigenvalue weighted by molar-refractivity contribution is 0.539. The smallest absolute Gasteiger partial charge is 0.178 e. The van der Waals surface area contributed by atoms with Crippen LogP contribution in [0, 0.1) is 5.92 Å². The van der Waals surface area contributed by atoms with Crippen LogP contribution in [0.4, 0.5) is 5.69 Å². The van der Waals surface area contributed by atoms with Gasteiger partial charge in [-0.1, -0.05) is 13.8 Å². The Balaban J connectivity index is 2.18. The van der Waals surface area contributed by atoms with Crippen molar-refractivity contribution >= 4 is 5.69 Å². The number of hydrogen-bond acceptors (Lipinski definition) is 4. The topological polar surface area (TPSA) is 55.6 Å². The van der Waals surface area contributed by atoms with Crippen molar-refractivity contribution in [3.8, 4) is 5.82 Å². The summed E-state index contributed by atoms with van der Waals surface area (Å²) in [7, 11) is 0. The van der Waals surface area contributed by atoms with Crippen LogP contribution in [0.25, 0.3) is 5.82 Å². The van der Waals surface area contributed by atoms with E-state index < -0.39 is 0 Å². The van der Waals surface area contributed by atoms with Crippen molar-refractivity contribution in [3.05, 3.63) is 31.0 Å². The van der Waals surface area contributed by atoms with Crippen LogP contribution < -0.4 is 5.32 Å². The minimum Gasteiger partial charge on any atom is -0.380 e. The lowest BCUT2D eigenvalue weighted by atomic mass is 10.1. The van der Waals surface area contributed by atoms with E-state index in [0.717, 1.165) is 17.9 Å². The van der Waals surface area contributed by atoms with Gasteiger partial charge in [0.25, 0.3) is 0 Å². The van der Waals surface area contributed by atoms with Gasteiger partial charge in [0, 0.05) is 12.2 Å². The zero-order valence-corrected chi connectivity index (χ0v) is 11.0. The van der Waals surface area contributed by atoms with Crippen LogP contribution in [-0.4, -0.2) is 25.8 Å². The Morgan fingerprint density at radius 2 is 2.17 bits per heavy atom. The minimum absolute atomic E-state index is 0.400. The molecular formula is C13H19N5. The summed E-state index contributed by atoms with van der Waals surface area (Å²) in [6.07, 6.45) is 6.04. The van der Waals surface area contributed by atoms with Gasteiger partial charge in [0.1, 0.15) is 12.7 Å². The van der Waals surface area contributed by atoms with Crippen LogP contribution >= 0.6 is 0 Å². The van der Waals surface area contributed by atoms with Gasteiger partial charge in [-0.3, -0.25) is 0 Å². The third-order valence-corrected chi connectivity index (χ3v) is 2.65. The van der Waals surface area contributed by atoms with Gasteiger partial charge in [0.2, 0.25) is 0 Å². The average molecular weight is 245 g/mol. The Morgan fingerprint density at radius 3 is 2.83 bits per heavy atom. The summed E-state index contributed by atoms with van der Waals surface area (Å²) in [6.45, 7) is 6.62. The number of pyridine rings is 1. The van der Waals surface area contributed by atoms with Crippen molar-refractivity contribution in [2.45, 2.75) is 33.2 Å². The molecule has 0 aliphatic carbocycles. The van der Waals surface area contributed by atoms with Crippen molar-refractivity contribution in [3.63, 3.8) is 0 Å². The molecule has 0 aromatic carbocycles. The van der Waals surface area contributed by atoms with Gasteiger partial charge in [-0.05, 0) is 31.4 Å². The molecule has 1 atom stereocenters. The second-order valence-corrected chi connectivity index (χ2v) is 4.89. The number of hydrogen-bond donors (Lipinski definition) is 1. The number of rotatable bonds is 5. The normalized spacial score (nSPS) is 12.7. The molecular weight excluding hydrogens is 226 g/mol. The van der Waals surface area contributed by atoms with Crippen LogP contribution in [0.3, 0.4) is 0 Å². The summed E-state index contributed by atoms with van der Waals surface area (Å²) < 4.78 is 1.67. The van der Waals surface area contributed by atoms with Gasteiger partial charge < -0.3 is 5.32 Å². The Hall–Kier alpha value is -1.91. The van der Waals surface area contributed by atoms with Crippen molar-refractivity contribution in [1.82, 2.24) is 19.7 Å². The number of nitrogens with one attached hydrogen (secondary N) is 1. The Bertz CT molecular complexity index is 478. The predicted octanol–water partition coefficient (Wildman–Crippen LogP) is 2.51. The first-order valence-electron chi connectivity index (χ1n) is 6.23. The summed E-state index contributed by atoms with van der Waals surface area (Å²) in [6, 6.07) is 4.34. The van der Waals surface area contributed by atoms with Gasteiger partial charge >= 0.3 is 0 Å². The van der Waals surface area contributed by atoms with Crippen molar-refractivity contribution in [1.29, 1.82) is 0 Å². The van der Waals surface area contributed by atoms with E-state index in [1.807, 2.05) is 12.1 Å². The maximum absolute atomic E-state index is 4.35. The summed E-state index contributed by atoms with van der Waals surface area (Å²) >= 11 is 0. The predicted molar refractivity (Wildman–Crippen MR) is 71.7 cm³/mol. The second-order valence-electron chi connectivity index (χ2n) is 4.89. The summed E-state index contributed by atoms with van der Waals surface area (Å²) in [5, 5.41) is 7.60. The molecule has 0 spiro atoms. The monoisotopic (exact) mass is 245 g/mol. The van der Waals surface area contributed by atoms with Gasteiger partial charge in [0.05, 0.1) is 5.69 Å². The van der Waals surface area contributed by atoms with Crippen LogP contribution in [-0.2, 0) is 0 Å². The van der Waals surface area contributed by atoms with Gasteiger partial charge in [-0.15, -0.1) is 0 Å². The second kappa shape index (κ2) is 5.62. The Kier molecular flexibility index (Phi) is 3.92. The fourth-order valence-electron chi connectivity index (χ4n) is 2.04. The first-order valence-corrected chi connectivity index (χ1v) is 6.23. The SMILES string of the molecule is CC(C)CC(C)Nc1cccnc1-n1cncn1. The highest BCUT2D eigenvalue weighted by Gasteiger charge is 2.10. The largest absolute Gasteiger partial charge is 0.380 e. The van der Waals surface area contributed by atoms with Gasteiger partial charge in [0.15, 0.2) is 5.82 Å². The van der Waals surface area contributed by atoms with E-state index in [1.54, 1.807) is 17.2 Å². The molecule has 0 fully saturated rings. The van der Waals surface area contributed by atoms with Crippen LogP contribution in [0.15, 0.2) is 31.0 Å². The molecule has 0 saturated heterocycles. The quantitative estimate of drug-likeness (QED) is 0.879. The lowest BCUT2D eigenvalue weighted by Crippen LogP contribution is -2.19. The molecule has 2 aromatic heterocycles. The van der Waals surface area contributed by atoms with E-state index in [4.69, 9.17) is 0 Å². The van der Waals surface area contributed by atoms with Crippen molar-refractivity contribution in [2.24, 2.45) is 5.92 Å². The van der Waals surface area contributed by atoms with Gasteiger partial charge in [-0.25, -0.2) is 14.6 Å². The van der Waals surface area contributed by atoms with E-state index in [9.17, 15) is 0 Å². The van der Waals surface area contributed by atoms with E-state index in [-0.39, 0.29) is 0 Å². The van der Waals surface area contributed by atoms with E-state index in [1.165, 1.54) is 6.33 Å². The number of nitrogens with zero attached hydrogens (tertiary/aromatic N) is 4. The first kappa shape index (κ1) is 12.5. The highest BCUT2D eigenvalue weighted by atomic mass is 15.3. The standard InChI is InChI=1S/C13H19N5/c1-10(2)7-11(3)17-12-5-4-6-15-13(12)18-9-14-8-16-18/h4-6,8-11,17H,7H2,1-3H3. The Labute approximate surface area is 107 Å². The van der Waals surface area contributed by atoms with Crippen LogP contribution in [0.5, 0.6) is 0 Å². The molecule has 1 N–H and O–H groups in total. The van der Waals surface area contributed by atoms with Crippen LogP contribution in [0.2, 0.25) is 0 Å². The van der Waals surface area contributed by atoms with Crippen LogP contribution in [0.1, 0.15) is 27.2 Å². The molecule has 18 heavy (non-hydrogen) atoms. The average Bonchev–Trinajstić information content (AvgIpc) is 2.81. The molecule has 2 aromatic rings. The highest BCUT2D eigenvalue weighted by Crippen LogP contribution is 2.18. The summed E-state index contributed by atoms with van der Waals surface area (Å²) in [4.78, 5) is 8.30. The fraction of sp³-hybridized carbons (Fsp3) is 0.462. The van der Waals surface area contributed by atoms with E-state index >= 15 is 0 Å². The maximum Gasteiger partial charge on any atom is 0.178 e. The molecule has 2 heterocycles. The molecule has 0 aliphatic heterocycles. The molecule has 5 heteroatoms. The molecule has 96 valence electrons. The Morgan fingerprint density at radius 1 is 1.33 bits per heavy atom. The molecule has 0 aliphatic rings. The third-order valence-electron chi connectivity index (χ3n) is 2.65. The molecule has 0 bridgehead atoms. The van der Waals surface area contributed by atoms with Crippen molar-refractivity contribution in [2.75, 3.05) is 5.32 Å². The molecule has 5 nitrogen and oxygen atoms in total. The zero-order chi connectivity index (χ0) is 13.0. The molecule has 2 rings (SSSR count). The zero-order valence-electron chi connectivity index (χ0n) is 11.0. The number of aromatic nitrogens is 4. The number of anilines is 1. The van der Waals surface area contributed by atoms with Crippen molar-refractivity contribution < 1.29 is 0 Å². The maximum atomic E-state index is 4.35. The molecule has 0 radical (unpaired) electrons.